The zero-order valence-corrected chi connectivity index (χ0v) is 14.8. The summed E-state index contributed by atoms with van der Waals surface area (Å²) in [5.74, 6) is 0.400. The molecule has 130 valence electrons. The minimum absolute atomic E-state index is 0.149. The van der Waals surface area contributed by atoms with E-state index in [-0.39, 0.29) is 5.91 Å². The van der Waals surface area contributed by atoms with Crippen LogP contribution in [0.5, 0.6) is 5.75 Å². The van der Waals surface area contributed by atoms with Gasteiger partial charge in [-0.3, -0.25) is 4.79 Å². The molecule has 1 N–H and O–H groups in total. The molecule has 1 aromatic carbocycles. The lowest BCUT2D eigenvalue weighted by molar-refractivity contribution is 0.0946. The van der Waals surface area contributed by atoms with Crippen LogP contribution in [0.25, 0.3) is 5.65 Å². The molecule has 0 bridgehead atoms. The predicted molar refractivity (Wildman–Crippen MR) is 101 cm³/mol. The van der Waals surface area contributed by atoms with Gasteiger partial charge in [0.15, 0.2) is 0 Å². The largest absolute Gasteiger partial charge is 0.486 e. The van der Waals surface area contributed by atoms with Crippen LogP contribution in [0.3, 0.4) is 0 Å². The van der Waals surface area contributed by atoms with Crippen LogP contribution in [0.4, 0.5) is 0 Å². The Morgan fingerprint density at radius 3 is 2.85 bits per heavy atom. The lowest BCUT2D eigenvalue weighted by Crippen LogP contribution is -2.23. The van der Waals surface area contributed by atoms with Crippen molar-refractivity contribution in [3.63, 3.8) is 0 Å². The summed E-state index contributed by atoms with van der Waals surface area (Å²) < 4.78 is 7.82. The number of fused-ring (bicyclic) bond motifs is 1. The quantitative estimate of drug-likeness (QED) is 0.565. The molecular formula is C20H17N3O2S. The smallest absolute Gasteiger partial charge is 0.255 e. The van der Waals surface area contributed by atoms with Crippen molar-refractivity contribution < 1.29 is 9.53 Å². The Morgan fingerprint density at radius 1 is 1.12 bits per heavy atom. The maximum atomic E-state index is 12.5. The highest BCUT2D eigenvalue weighted by Gasteiger charge is 2.13. The van der Waals surface area contributed by atoms with Crippen LogP contribution in [0.15, 0.2) is 72.4 Å². The SMILES string of the molecule is O=C(NCc1cccs1)c1ccccc1OCc1cn2ccccc2n1. The summed E-state index contributed by atoms with van der Waals surface area (Å²) >= 11 is 1.62. The molecule has 3 aromatic heterocycles. The molecule has 0 unspecified atom stereocenters. The van der Waals surface area contributed by atoms with Crippen LogP contribution in [0.2, 0.25) is 0 Å². The third-order valence-corrected chi connectivity index (χ3v) is 4.80. The lowest BCUT2D eigenvalue weighted by Gasteiger charge is -2.10. The minimum Gasteiger partial charge on any atom is -0.486 e. The molecule has 1 amide bonds. The van der Waals surface area contributed by atoms with Crippen molar-refractivity contribution in [1.29, 1.82) is 0 Å². The maximum Gasteiger partial charge on any atom is 0.255 e. The van der Waals surface area contributed by atoms with Crippen molar-refractivity contribution >= 4 is 22.9 Å². The summed E-state index contributed by atoms with van der Waals surface area (Å²) in [6, 6.07) is 17.1. The highest BCUT2D eigenvalue weighted by atomic mass is 32.1. The fourth-order valence-electron chi connectivity index (χ4n) is 2.66. The van der Waals surface area contributed by atoms with Crippen LogP contribution < -0.4 is 10.1 Å². The number of carbonyl (C=O) groups excluding carboxylic acids is 1. The van der Waals surface area contributed by atoms with Crippen molar-refractivity contribution in [3.05, 3.63) is 88.5 Å². The van der Waals surface area contributed by atoms with E-state index in [4.69, 9.17) is 4.74 Å². The van der Waals surface area contributed by atoms with Gasteiger partial charge in [0.25, 0.3) is 5.91 Å². The van der Waals surface area contributed by atoms with E-state index in [9.17, 15) is 4.79 Å². The van der Waals surface area contributed by atoms with Crippen LogP contribution >= 0.6 is 11.3 Å². The summed E-state index contributed by atoms with van der Waals surface area (Å²) in [4.78, 5) is 18.1. The van der Waals surface area contributed by atoms with Gasteiger partial charge in [0, 0.05) is 17.3 Å². The molecule has 0 atom stereocenters. The number of benzene rings is 1. The minimum atomic E-state index is -0.149. The first-order chi connectivity index (χ1) is 12.8. The van der Waals surface area contributed by atoms with E-state index < -0.39 is 0 Å². The molecule has 0 fully saturated rings. The van der Waals surface area contributed by atoms with Gasteiger partial charge in [-0.1, -0.05) is 24.3 Å². The molecule has 4 aromatic rings. The average molecular weight is 363 g/mol. The Balaban J connectivity index is 1.45. The second-order valence-electron chi connectivity index (χ2n) is 5.75. The summed E-state index contributed by atoms with van der Waals surface area (Å²) in [7, 11) is 0. The lowest BCUT2D eigenvalue weighted by atomic mass is 10.2. The number of amides is 1. The van der Waals surface area contributed by atoms with Crippen molar-refractivity contribution in [3.8, 4) is 5.75 Å². The highest BCUT2D eigenvalue weighted by molar-refractivity contribution is 7.09. The summed E-state index contributed by atoms with van der Waals surface area (Å²) in [6.07, 6.45) is 3.87. The standard InChI is InChI=1S/C20H17N3O2S/c24-20(21-12-16-6-5-11-26-16)17-7-1-2-8-18(17)25-14-15-13-23-10-4-3-9-19(23)22-15/h1-11,13H,12,14H2,(H,21,24). The molecule has 0 aliphatic carbocycles. The Kier molecular flexibility index (Phi) is 4.66. The van der Waals surface area contributed by atoms with Crippen LogP contribution in [-0.4, -0.2) is 15.3 Å². The number of hydrogen-bond acceptors (Lipinski definition) is 4. The van der Waals surface area contributed by atoms with Gasteiger partial charge >= 0.3 is 0 Å². The van der Waals surface area contributed by atoms with E-state index in [0.717, 1.165) is 16.2 Å². The number of nitrogens with zero attached hydrogens (tertiary/aromatic N) is 2. The van der Waals surface area contributed by atoms with Gasteiger partial charge in [0.2, 0.25) is 0 Å². The van der Waals surface area contributed by atoms with Gasteiger partial charge in [-0.2, -0.15) is 0 Å². The number of para-hydroxylation sites is 1. The maximum absolute atomic E-state index is 12.5. The molecular weight excluding hydrogens is 346 g/mol. The van der Waals surface area contributed by atoms with Crippen LogP contribution in [-0.2, 0) is 13.2 Å². The second kappa shape index (κ2) is 7.41. The molecule has 0 saturated carbocycles. The zero-order chi connectivity index (χ0) is 17.8. The first-order valence-electron chi connectivity index (χ1n) is 8.24. The van der Waals surface area contributed by atoms with Gasteiger partial charge in [-0.25, -0.2) is 4.98 Å². The Labute approximate surface area is 154 Å². The molecule has 0 saturated heterocycles. The third kappa shape index (κ3) is 3.60. The van der Waals surface area contributed by atoms with Crippen molar-refractivity contribution in [2.24, 2.45) is 0 Å². The summed E-state index contributed by atoms with van der Waals surface area (Å²) in [5.41, 5.74) is 2.20. The first-order valence-corrected chi connectivity index (χ1v) is 9.12. The Bertz CT molecular complexity index is 991. The number of ether oxygens (including phenoxy) is 1. The number of carbonyl (C=O) groups is 1. The molecule has 6 heteroatoms. The fourth-order valence-corrected chi connectivity index (χ4v) is 3.31. The Hall–Kier alpha value is -3.12. The molecule has 4 rings (SSSR count). The van der Waals surface area contributed by atoms with Gasteiger partial charge < -0.3 is 14.5 Å². The third-order valence-electron chi connectivity index (χ3n) is 3.92. The number of imidazole rings is 1. The molecule has 0 aliphatic rings. The monoisotopic (exact) mass is 363 g/mol. The predicted octanol–water partition coefficient (Wildman–Crippen LogP) is 3.90. The van der Waals surface area contributed by atoms with Crippen LogP contribution in [0, 0.1) is 0 Å². The van der Waals surface area contributed by atoms with Gasteiger partial charge in [0.05, 0.1) is 17.8 Å². The second-order valence-corrected chi connectivity index (χ2v) is 6.78. The topological polar surface area (TPSA) is 55.6 Å². The molecule has 0 spiro atoms. The van der Waals surface area contributed by atoms with Gasteiger partial charge in [-0.05, 0) is 35.7 Å². The number of nitrogens with one attached hydrogen (secondary N) is 1. The number of rotatable bonds is 6. The van der Waals surface area contributed by atoms with Crippen LogP contribution in [0.1, 0.15) is 20.9 Å². The Morgan fingerprint density at radius 2 is 2.00 bits per heavy atom. The summed E-state index contributed by atoms with van der Waals surface area (Å²) in [6.45, 7) is 0.814. The molecule has 26 heavy (non-hydrogen) atoms. The van der Waals surface area contributed by atoms with E-state index in [1.807, 2.05) is 64.6 Å². The first kappa shape index (κ1) is 16.4. The number of thiophene rings is 1. The molecule has 0 aliphatic heterocycles. The summed E-state index contributed by atoms with van der Waals surface area (Å²) in [5, 5.41) is 4.93. The normalized spacial score (nSPS) is 10.8. The fraction of sp³-hybridized carbons (Fsp3) is 0.100. The number of aromatic nitrogens is 2. The number of hydrogen-bond donors (Lipinski definition) is 1. The van der Waals surface area contributed by atoms with Crippen molar-refractivity contribution in [1.82, 2.24) is 14.7 Å². The van der Waals surface area contributed by atoms with Gasteiger partial charge in [0.1, 0.15) is 18.0 Å². The number of pyridine rings is 1. The van der Waals surface area contributed by atoms with E-state index >= 15 is 0 Å². The van der Waals surface area contributed by atoms with E-state index in [1.165, 1.54) is 0 Å². The van der Waals surface area contributed by atoms with E-state index in [1.54, 1.807) is 23.5 Å². The average Bonchev–Trinajstić information content (AvgIpc) is 3.33. The van der Waals surface area contributed by atoms with E-state index in [0.29, 0.717) is 24.5 Å². The zero-order valence-electron chi connectivity index (χ0n) is 14.0. The van der Waals surface area contributed by atoms with Crippen molar-refractivity contribution in [2.75, 3.05) is 0 Å². The van der Waals surface area contributed by atoms with Crippen molar-refractivity contribution in [2.45, 2.75) is 13.2 Å². The highest BCUT2D eigenvalue weighted by Crippen LogP contribution is 2.20. The molecule has 0 radical (unpaired) electrons. The molecule has 5 nitrogen and oxygen atoms in total. The van der Waals surface area contributed by atoms with E-state index in [2.05, 4.69) is 10.3 Å². The molecule has 3 heterocycles. The van der Waals surface area contributed by atoms with Gasteiger partial charge in [-0.15, -0.1) is 11.3 Å².